The van der Waals surface area contributed by atoms with Gasteiger partial charge in [-0.2, -0.15) is 0 Å². The number of likely N-dealkylation sites (tertiary alicyclic amines) is 1. The van der Waals surface area contributed by atoms with E-state index >= 15 is 0 Å². The number of imidazole rings is 1. The number of carbonyl (C=O) groups is 1. The lowest BCUT2D eigenvalue weighted by atomic mass is 9.82. The third-order valence-corrected chi connectivity index (χ3v) is 6.54. The van der Waals surface area contributed by atoms with Crippen molar-refractivity contribution in [3.05, 3.63) is 65.2 Å². The van der Waals surface area contributed by atoms with Crippen LogP contribution in [0.15, 0.2) is 42.5 Å². The van der Waals surface area contributed by atoms with Crippen molar-refractivity contribution in [2.24, 2.45) is 5.92 Å². The van der Waals surface area contributed by atoms with Crippen LogP contribution in [-0.2, 0) is 17.8 Å². The standard InChI is InChI=1S/C24H27FN4O/c25-19-8-9-21-22(12-19)28-23(27-21)13-26-24(30)18-10-11-29(15-18)14-17-6-3-5-16-4-1-2-7-20(16)17/h1-2,4,7-9,12,17-18H,3,5-6,10-11,13-15H2,(H,26,30)(H,27,28). The van der Waals surface area contributed by atoms with Gasteiger partial charge in [-0.3, -0.25) is 4.79 Å². The second kappa shape index (κ2) is 8.19. The third-order valence-electron chi connectivity index (χ3n) is 6.54. The summed E-state index contributed by atoms with van der Waals surface area (Å²) in [6.07, 6.45) is 4.57. The van der Waals surface area contributed by atoms with E-state index in [4.69, 9.17) is 0 Å². The molecule has 2 N–H and O–H groups in total. The highest BCUT2D eigenvalue weighted by Crippen LogP contribution is 2.33. The molecular formula is C24H27FN4O. The van der Waals surface area contributed by atoms with Gasteiger partial charge >= 0.3 is 0 Å². The number of carbonyl (C=O) groups excluding carboxylic acids is 1. The summed E-state index contributed by atoms with van der Waals surface area (Å²) in [7, 11) is 0. The van der Waals surface area contributed by atoms with E-state index < -0.39 is 0 Å². The molecule has 2 aliphatic rings. The van der Waals surface area contributed by atoms with Crippen LogP contribution in [0.3, 0.4) is 0 Å². The molecule has 2 heterocycles. The fourth-order valence-corrected chi connectivity index (χ4v) is 5.00. The Balaban J connectivity index is 1.15. The summed E-state index contributed by atoms with van der Waals surface area (Å²) in [6, 6.07) is 13.3. The number of fused-ring (bicyclic) bond motifs is 2. The van der Waals surface area contributed by atoms with E-state index in [1.165, 1.54) is 42.5 Å². The highest BCUT2D eigenvalue weighted by atomic mass is 19.1. The molecule has 0 radical (unpaired) electrons. The lowest BCUT2D eigenvalue weighted by Crippen LogP contribution is -2.34. The molecule has 0 bridgehead atoms. The van der Waals surface area contributed by atoms with Gasteiger partial charge in [-0.25, -0.2) is 9.37 Å². The lowest BCUT2D eigenvalue weighted by Gasteiger charge is -2.29. The minimum atomic E-state index is -0.298. The molecule has 1 aliphatic heterocycles. The van der Waals surface area contributed by atoms with Gasteiger partial charge in [0.25, 0.3) is 0 Å². The summed E-state index contributed by atoms with van der Waals surface area (Å²) in [6.45, 7) is 3.16. The van der Waals surface area contributed by atoms with Gasteiger partial charge in [0.1, 0.15) is 11.6 Å². The largest absolute Gasteiger partial charge is 0.349 e. The Kier molecular flexibility index (Phi) is 5.25. The molecule has 1 amide bonds. The van der Waals surface area contributed by atoms with Crippen molar-refractivity contribution in [3.63, 3.8) is 0 Å². The first-order valence-corrected chi connectivity index (χ1v) is 10.9. The van der Waals surface area contributed by atoms with Gasteiger partial charge in [0.2, 0.25) is 5.91 Å². The van der Waals surface area contributed by atoms with Crippen LogP contribution in [0.25, 0.3) is 11.0 Å². The topological polar surface area (TPSA) is 61.0 Å². The van der Waals surface area contributed by atoms with Crippen molar-refractivity contribution in [1.82, 2.24) is 20.2 Å². The average Bonchev–Trinajstić information content (AvgIpc) is 3.39. The molecule has 156 valence electrons. The van der Waals surface area contributed by atoms with E-state index in [0.29, 0.717) is 29.3 Å². The SMILES string of the molecule is O=C(NCc1nc2ccc(F)cc2[nH]1)C1CCN(CC2CCCc3ccccc32)C1. The number of benzene rings is 2. The van der Waals surface area contributed by atoms with Crippen molar-refractivity contribution in [1.29, 1.82) is 0 Å². The fraction of sp³-hybridized carbons (Fsp3) is 0.417. The second-order valence-corrected chi connectivity index (χ2v) is 8.60. The van der Waals surface area contributed by atoms with Gasteiger partial charge < -0.3 is 15.2 Å². The Labute approximate surface area is 175 Å². The molecule has 5 rings (SSSR count). The molecule has 3 aromatic rings. The van der Waals surface area contributed by atoms with E-state index in [2.05, 4.69) is 44.5 Å². The number of nitrogens with zero attached hydrogens (tertiary/aromatic N) is 2. The van der Waals surface area contributed by atoms with E-state index in [1.54, 1.807) is 6.07 Å². The molecule has 0 saturated carbocycles. The van der Waals surface area contributed by atoms with Crippen LogP contribution < -0.4 is 5.32 Å². The van der Waals surface area contributed by atoms with Crippen molar-refractivity contribution >= 4 is 16.9 Å². The zero-order valence-electron chi connectivity index (χ0n) is 17.0. The molecule has 1 fully saturated rings. The Morgan fingerprint density at radius 2 is 2.13 bits per heavy atom. The number of nitrogens with one attached hydrogen (secondary N) is 2. The van der Waals surface area contributed by atoms with Gasteiger partial charge in [-0.05, 0) is 67.5 Å². The first kappa shape index (κ1) is 19.2. The first-order chi connectivity index (χ1) is 14.7. The molecule has 5 nitrogen and oxygen atoms in total. The first-order valence-electron chi connectivity index (χ1n) is 10.9. The number of hydrogen-bond acceptors (Lipinski definition) is 3. The van der Waals surface area contributed by atoms with Crippen LogP contribution in [0.2, 0.25) is 0 Å². The molecule has 2 atom stereocenters. The van der Waals surface area contributed by atoms with Gasteiger partial charge in [-0.1, -0.05) is 24.3 Å². The molecule has 30 heavy (non-hydrogen) atoms. The zero-order valence-corrected chi connectivity index (χ0v) is 17.0. The predicted octanol–water partition coefficient (Wildman–Crippen LogP) is 3.76. The molecule has 1 saturated heterocycles. The maximum Gasteiger partial charge on any atom is 0.224 e. The smallest absolute Gasteiger partial charge is 0.224 e. The highest BCUT2D eigenvalue weighted by molar-refractivity contribution is 5.79. The number of halogens is 1. The Morgan fingerprint density at radius 1 is 1.23 bits per heavy atom. The molecular weight excluding hydrogens is 379 g/mol. The van der Waals surface area contributed by atoms with Crippen LogP contribution in [0, 0.1) is 11.7 Å². The number of H-pyrrole nitrogens is 1. The highest BCUT2D eigenvalue weighted by Gasteiger charge is 2.31. The van der Waals surface area contributed by atoms with E-state index in [1.807, 2.05) is 0 Å². The summed E-state index contributed by atoms with van der Waals surface area (Å²) in [4.78, 5) is 22.6. The van der Waals surface area contributed by atoms with Gasteiger partial charge in [0.05, 0.1) is 23.5 Å². The molecule has 2 unspecified atom stereocenters. The number of hydrogen-bond donors (Lipinski definition) is 2. The number of aryl methyl sites for hydroxylation is 1. The van der Waals surface area contributed by atoms with Crippen molar-refractivity contribution in [2.45, 2.75) is 38.1 Å². The quantitative estimate of drug-likeness (QED) is 0.678. The van der Waals surface area contributed by atoms with Crippen molar-refractivity contribution in [2.75, 3.05) is 19.6 Å². The van der Waals surface area contributed by atoms with Crippen LogP contribution in [-0.4, -0.2) is 40.4 Å². The third kappa shape index (κ3) is 3.97. The Morgan fingerprint density at radius 3 is 3.07 bits per heavy atom. The van der Waals surface area contributed by atoms with Gasteiger partial charge in [0.15, 0.2) is 0 Å². The summed E-state index contributed by atoms with van der Waals surface area (Å²) < 4.78 is 13.3. The zero-order chi connectivity index (χ0) is 20.5. The maximum absolute atomic E-state index is 13.3. The predicted molar refractivity (Wildman–Crippen MR) is 115 cm³/mol. The minimum absolute atomic E-state index is 0.0191. The lowest BCUT2D eigenvalue weighted by molar-refractivity contribution is -0.124. The van der Waals surface area contributed by atoms with Gasteiger partial charge in [0, 0.05) is 13.1 Å². The Bertz CT molecular complexity index is 1060. The summed E-state index contributed by atoms with van der Waals surface area (Å²) in [5.74, 6) is 1.03. The monoisotopic (exact) mass is 406 g/mol. The van der Waals surface area contributed by atoms with E-state index in [0.717, 1.165) is 26.1 Å². The number of amides is 1. The fourth-order valence-electron chi connectivity index (χ4n) is 5.00. The van der Waals surface area contributed by atoms with E-state index in [9.17, 15) is 9.18 Å². The molecule has 2 aromatic carbocycles. The van der Waals surface area contributed by atoms with Crippen LogP contribution in [0.4, 0.5) is 4.39 Å². The van der Waals surface area contributed by atoms with Gasteiger partial charge in [-0.15, -0.1) is 0 Å². The Hall–Kier alpha value is -2.73. The van der Waals surface area contributed by atoms with Crippen molar-refractivity contribution in [3.8, 4) is 0 Å². The van der Waals surface area contributed by atoms with Crippen LogP contribution in [0.1, 0.15) is 42.1 Å². The summed E-state index contributed by atoms with van der Waals surface area (Å²) >= 11 is 0. The van der Waals surface area contributed by atoms with Crippen molar-refractivity contribution < 1.29 is 9.18 Å². The van der Waals surface area contributed by atoms with Crippen LogP contribution in [0.5, 0.6) is 0 Å². The van der Waals surface area contributed by atoms with Crippen LogP contribution >= 0.6 is 0 Å². The number of rotatable bonds is 5. The molecule has 1 aliphatic carbocycles. The minimum Gasteiger partial charge on any atom is -0.349 e. The molecule has 0 spiro atoms. The molecule has 1 aromatic heterocycles. The second-order valence-electron chi connectivity index (χ2n) is 8.60. The molecule has 6 heteroatoms. The number of aromatic nitrogens is 2. The average molecular weight is 407 g/mol. The summed E-state index contributed by atoms with van der Waals surface area (Å²) in [5, 5.41) is 3.00. The normalized spacial score (nSPS) is 21.6. The number of aromatic amines is 1. The van der Waals surface area contributed by atoms with E-state index in [-0.39, 0.29) is 17.6 Å². The summed E-state index contributed by atoms with van der Waals surface area (Å²) in [5.41, 5.74) is 4.35. The maximum atomic E-state index is 13.3.